The molecule has 3 amide bonds. The number of ether oxygens (including phenoxy) is 2. The Kier molecular flexibility index (Phi) is 8.60. The second-order valence-electron chi connectivity index (χ2n) is 11.2. The molecule has 0 saturated carbocycles. The van der Waals surface area contributed by atoms with E-state index < -0.39 is 11.5 Å². The maximum Gasteiger partial charge on any atom is 0.255 e. The van der Waals surface area contributed by atoms with E-state index in [1.54, 1.807) is 19.1 Å². The van der Waals surface area contributed by atoms with E-state index in [2.05, 4.69) is 22.4 Å². The number of likely N-dealkylation sites (tertiary alicyclic amines) is 1. The number of amides is 3. The molecule has 216 valence electrons. The summed E-state index contributed by atoms with van der Waals surface area (Å²) in [4.78, 5) is 41.1. The van der Waals surface area contributed by atoms with Crippen molar-refractivity contribution in [3.05, 3.63) is 58.7 Å². The van der Waals surface area contributed by atoms with E-state index in [-0.39, 0.29) is 24.1 Å². The van der Waals surface area contributed by atoms with Crippen LogP contribution in [0.3, 0.4) is 0 Å². The molecule has 41 heavy (non-hydrogen) atoms. The second kappa shape index (κ2) is 12.3. The van der Waals surface area contributed by atoms with Gasteiger partial charge in [-0.3, -0.25) is 19.7 Å². The number of hydrogen-bond donors (Lipinski definition) is 1. The average molecular weight is 559 g/mol. The van der Waals surface area contributed by atoms with Gasteiger partial charge in [-0.15, -0.1) is 0 Å². The van der Waals surface area contributed by atoms with Gasteiger partial charge in [0.1, 0.15) is 6.04 Å². The molecule has 0 radical (unpaired) electrons. The van der Waals surface area contributed by atoms with Gasteiger partial charge in [0, 0.05) is 24.1 Å². The third kappa shape index (κ3) is 5.66. The summed E-state index contributed by atoms with van der Waals surface area (Å²) < 4.78 is 11.1. The molecule has 3 aliphatic heterocycles. The Labute approximate surface area is 241 Å². The lowest BCUT2D eigenvalue weighted by Crippen LogP contribution is -2.52. The van der Waals surface area contributed by atoms with Crippen molar-refractivity contribution in [1.29, 1.82) is 5.26 Å². The SMILES string of the molecule is COc1cccc(C2(C#N)CCN(CCCCCc3cccc4c3CN(C3CCC(=O)NC3=O)C4=O)CC2)c1OC. The number of hydrogen-bond acceptors (Lipinski definition) is 7. The predicted molar refractivity (Wildman–Crippen MR) is 153 cm³/mol. The maximum absolute atomic E-state index is 13.1. The van der Waals surface area contributed by atoms with Gasteiger partial charge in [0.2, 0.25) is 11.8 Å². The summed E-state index contributed by atoms with van der Waals surface area (Å²) in [5.41, 5.74) is 3.18. The van der Waals surface area contributed by atoms with Gasteiger partial charge in [0.25, 0.3) is 5.91 Å². The Morgan fingerprint density at radius 3 is 2.51 bits per heavy atom. The van der Waals surface area contributed by atoms with Crippen molar-refractivity contribution in [2.75, 3.05) is 33.9 Å². The Bertz CT molecular complexity index is 1360. The molecule has 9 heteroatoms. The van der Waals surface area contributed by atoms with Crippen LogP contribution in [0.25, 0.3) is 0 Å². The Hall–Kier alpha value is -3.90. The van der Waals surface area contributed by atoms with E-state index >= 15 is 0 Å². The molecular formula is C32H38N4O5. The van der Waals surface area contributed by atoms with Crippen LogP contribution in [-0.2, 0) is 28.0 Å². The number of benzene rings is 2. The van der Waals surface area contributed by atoms with E-state index in [1.165, 1.54) is 0 Å². The molecular weight excluding hydrogens is 520 g/mol. The van der Waals surface area contributed by atoms with Gasteiger partial charge in [-0.05, 0) is 81.4 Å². The lowest BCUT2D eigenvalue weighted by molar-refractivity contribution is -0.136. The number of imide groups is 1. The Morgan fingerprint density at radius 2 is 1.80 bits per heavy atom. The quantitative estimate of drug-likeness (QED) is 0.349. The number of rotatable bonds is 10. The smallest absolute Gasteiger partial charge is 0.255 e. The average Bonchev–Trinajstić information content (AvgIpc) is 3.33. The fourth-order valence-corrected chi connectivity index (χ4v) is 6.58. The normalized spacial score (nSPS) is 20.4. The van der Waals surface area contributed by atoms with Crippen LogP contribution < -0.4 is 14.8 Å². The zero-order valence-corrected chi connectivity index (χ0v) is 23.9. The monoisotopic (exact) mass is 558 g/mol. The third-order valence-corrected chi connectivity index (χ3v) is 8.94. The van der Waals surface area contributed by atoms with Crippen LogP contribution in [0.1, 0.15) is 72.0 Å². The first kappa shape index (κ1) is 28.6. The Balaban J connectivity index is 1.11. The number of para-hydroxylation sites is 1. The molecule has 0 aliphatic carbocycles. The van der Waals surface area contributed by atoms with Crippen LogP contribution >= 0.6 is 0 Å². The molecule has 5 rings (SSSR count). The van der Waals surface area contributed by atoms with Gasteiger partial charge in [0.05, 0.1) is 25.7 Å². The molecule has 3 heterocycles. The van der Waals surface area contributed by atoms with Crippen molar-refractivity contribution >= 4 is 17.7 Å². The van der Waals surface area contributed by atoms with Crippen molar-refractivity contribution in [1.82, 2.24) is 15.1 Å². The molecule has 1 unspecified atom stereocenters. The predicted octanol–water partition coefficient (Wildman–Crippen LogP) is 3.73. The highest BCUT2D eigenvalue weighted by Gasteiger charge is 2.40. The number of fused-ring (bicyclic) bond motifs is 1. The summed E-state index contributed by atoms with van der Waals surface area (Å²) in [7, 11) is 3.24. The fraction of sp³-hybridized carbons (Fsp3) is 0.500. The molecule has 3 aliphatic rings. The zero-order valence-electron chi connectivity index (χ0n) is 23.9. The molecule has 0 aromatic heterocycles. The van der Waals surface area contributed by atoms with Gasteiger partial charge >= 0.3 is 0 Å². The highest BCUT2D eigenvalue weighted by molar-refractivity contribution is 6.05. The molecule has 2 aromatic rings. The lowest BCUT2D eigenvalue weighted by atomic mass is 9.73. The standard InChI is InChI=1S/C32H38N4O5/c1-40-27-12-7-11-25(29(27)41-2)32(21-33)15-18-35(19-16-32)17-5-3-4-8-22-9-6-10-23-24(22)20-36(31(23)39)26-13-14-28(37)34-30(26)38/h6-7,9-12,26H,3-5,8,13-20H2,1-2H3,(H,34,37,38). The number of carbonyl (C=O) groups is 3. The number of piperidine rings is 2. The van der Waals surface area contributed by atoms with Crippen molar-refractivity contribution in [2.45, 2.75) is 69.4 Å². The minimum Gasteiger partial charge on any atom is -0.493 e. The van der Waals surface area contributed by atoms with Gasteiger partial charge in [-0.1, -0.05) is 30.7 Å². The van der Waals surface area contributed by atoms with Crippen LogP contribution in [0, 0.1) is 11.3 Å². The van der Waals surface area contributed by atoms with E-state index in [0.717, 1.165) is 74.8 Å². The molecule has 2 fully saturated rings. The summed E-state index contributed by atoms with van der Waals surface area (Å²) in [6.07, 6.45) is 6.16. The number of carbonyl (C=O) groups excluding carboxylic acids is 3. The van der Waals surface area contributed by atoms with Gasteiger partial charge < -0.3 is 19.3 Å². The molecule has 2 aromatic carbocycles. The van der Waals surface area contributed by atoms with Crippen LogP contribution in [-0.4, -0.2) is 67.4 Å². The minimum atomic E-state index is -0.588. The highest BCUT2D eigenvalue weighted by Crippen LogP contribution is 2.43. The number of methoxy groups -OCH3 is 2. The highest BCUT2D eigenvalue weighted by atomic mass is 16.5. The van der Waals surface area contributed by atoms with E-state index in [4.69, 9.17) is 9.47 Å². The minimum absolute atomic E-state index is 0.124. The summed E-state index contributed by atoms with van der Waals surface area (Å²) in [5, 5.41) is 12.6. The molecule has 1 N–H and O–H groups in total. The first-order valence-electron chi connectivity index (χ1n) is 14.5. The molecule has 1 atom stereocenters. The largest absolute Gasteiger partial charge is 0.493 e. The van der Waals surface area contributed by atoms with Gasteiger partial charge in [-0.25, -0.2) is 0 Å². The fourth-order valence-electron chi connectivity index (χ4n) is 6.58. The summed E-state index contributed by atoms with van der Waals surface area (Å²) >= 11 is 0. The van der Waals surface area contributed by atoms with Crippen molar-refractivity contribution in [3.8, 4) is 17.6 Å². The summed E-state index contributed by atoms with van der Waals surface area (Å²) in [5.74, 6) is 0.526. The maximum atomic E-state index is 13.1. The van der Waals surface area contributed by atoms with Crippen LogP contribution in [0.15, 0.2) is 36.4 Å². The van der Waals surface area contributed by atoms with Crippen LogP contribution in [0.5, 0.6) is 11.5 Å². The van der Waals surface area contributed by atoms with E-state index in [0.29, 0.717) is 30.0 Å². The number of nitrogens with zero attached hydrogens (tertiary/aromatic N) is 3. The number of nitrogens with one attached hydrogen (secondary N) is 1. The van der Waals surface area contributed by atoms with E-state index in [9.17, 15) is 19.6 Å². The van der Waals surface area contributed by atoms with Crippen LogP contribution in [0.4, 0.5) is 0 Å². The lowest BCUT2D eigenvalue weighted by Gasteiger charge is -2.38. The van der Waals surface area contributed by atoms with Crippen LogP contribution in [0.2, 0.25) is 0 Å². The topological polar surface area (TPSA) is 112 Å². The second-order valence-corrected chi connectivity index (χ2v) is 11.2. The number of aryl methyl sites for hydroxylation is 1. The first-order chi connectivity index (χ1) is 19.9. The Morgan fingerprint density at radius 1 is 1.02 bits per heavy atom. The van der Waals surface area contributed by atoms with Gasteiger partial charge in [0.15, 0.2) is 11.5 Å². The third-order valence-electron chi connectivity index (χ3n) is 8.94. The molecule has 2 saturated heterocycles. The summed E-state index contributed by atoms with van der Waals surface area (Å²) in [6, 6.07) is 13.6. The van der Waals surface area contributed by atoms with Gasteiger partial charge in [-0.2, -0.15) is 5.26 Å². The first-order valence-corrected chi connectivity index (χ1v) is 14.5. The summed E-state index contributed by atoms with van der Waals surface area (Å²) in [6.45, 7) is 3.13. The van der Waals surface area contributed by atoms with E-state index in [1.807, 2.05) is 30.3 Å². The molecule has 0 bridgehead atoms. The zero-order chi connectivity index (χ0) is 29.0. The van der Waals surface area contributed by atoms with Crippen molar-refractivity contribution in [3.63, 3.8) is 0 Å². The number of unbranched alkanes of at least 4 members (excludes halogenated alkanes) is 2. The van der Waals surface area contributed by atoms with Crippen molar-refractivity contribution in [2.24, 2.45) is 0 Å². The molecule has 9 nitrogen and oxygen atoms in total. The molecule has 0 spiro atoms. The van der Waals surface area contributed by atoms with Crippen molar-refractivity contribution < 1.29 is 23.9 Å². The number of nitriles is 1.